The summed E-state index contributed by atoms with van der Waals surface area (Å²) in [6.45, 7) is 3.95. The Bertz CT molecular complexity index is 434. The maximum atomic E-state index is 11.2. The van der Waals surface area contributed by atoms with Gasteiger partial charge in [-0.25, -0.2) is 0 Å². The highest BCUT2D eigenvalue weighted by Gasteiger charge is 2.26. The molecule has 5 nitrogen and oxygen atoms in total. The average Bonchev–Trinajstić information content (AvgIpc) is 2.57. The smallest absolute Gasteiger partial charge is 0.305 e. The van der Waals surface area contributed by atoms with Crippen LogP contribution in [0.5, 0.6) is 0 Å². The molecule has 1 aromatic rings. The van der Waals surface area contributed by atoms with Gasteiger partial charge in [-0.2, -0.15) is 5.10 Å². The quantitative estimate of drug-likeness (QED) is 0.906. The first-order valence-corrected chi connectivity index (χ1v) is 7.04. The Kier molecular flexibility index (Phi) is 4.58. The number of likely N-dealkylation sites (tertiary alicyclic amines) is 1. The molecule has 1 saturated heterocycles. The number of aliphatic carboxylic acids is 1. The molecule has 0 amide bonds. The van der Waals surface area contributed by atoms with Crippen molar-refractivity contribution in [2.75, 3.05) is 13.1 Å². The van der Waals surface area contributed by atoms with Crippen molar-refractivity contribution >= 4 is 5.97 Å². The van der Waals surface area contributed by atoms with Gasteiger partial charge in [0, 0.05) is 24.8 Å². The molecule has 1 atom stereocenters. The zero-order chi connectivity index (χ0) is 13.8. The lowest BCUT2D eigenvalue weighted by Crippen LogP contribution is -2.31. The summed E-state index contributed by atoms with van der Waals surface area (Å²) in [5, 5.41) is 13.5. The van der Waals surface area contributed by atoms with E-state index in [9.17, 15) is 9.90 Å². The number of aryl methyl sites for hydroxylation is 2. The van der Waals surface area contributed by atoms with E-state index in [1.165, 1.54) is 12.8 Å². The molecule has 0 radical (unpaired) electrons. The molecule has 19 heavy (non-hydrogen) atoms. The molecule has 1 fully saturated rings. The molecule has 1 aliphatic rings. The Morgan fingerprint density at radius 2 is 2.00 bits per heavy atom. The van der Waals surface area contributed by atoms with Crippen molar-refractivity contribution in [3.8, 4) is 0 Å². The second kappa shape index (κ2) is 6.19. The van der Waals surface area contributed by atoms with Gasteiger partial charge in [0.15, 0.2) is 0 Å². The number of hydrogen-bond donors (Lipinski definition) is 1. The number of carbonyl (C=O) groups is 1. The van der Waals surface area contributed by atoms with Crippen molar-refractivity contribution in [2.24, 2.45) is 7.05 Å². The van der Waals surface area contributed by atoms with E-state index in [1.807, 2.05) is 20.2 Å². The van der Waals surface area contributed by atoms with Gasteiger partial charge in [-0.05, 0) is 32.9 Å². The molecular formula is C14H23N3O2. The lowest BCUT2D eigenvalue weighted by molar-refractivity contribution is -0.138. The fraction of sp³-hybridized carbons (Fsp3) is 0.714. The summed E-state index contributed by atoms with van der Waals surface area (Å²) in [6, 6.07) is -0.0377. The Hall–Kier alpha value is -1.36. The lowest BCUT2D eigenvalue weighted by Gasteiger charge is -2.29. The molecule has 0 bridgehead atoms. The van der Waals surface area contributed by atoms with Gasteiger partial charge in [0.1, 0.15) is 0 Å². The fourth-order valence-electron chi connectivity index (χ4n) is 2.95. The van der Waals surface area contributed by atoms with E-state index in [2.05, 4.69) is 10.00 Å². The number of rotatable bonds is 4. The highest BCUT2D eigenvalue weighted by atomic mass is 16.4. The molecule has 1 unspecified atom stereocenters. The molecule has 1 N–H and O–H groups in total. The van der Waals surface area contributed by atoms with Crippen LogP contribution in [0.4, 0.5) is 0 Å². The van der Waals surface area contributed by atoms with Crippen molar-refractivity contribution in [1.82, 2.24) is 14.7 Å². The molecule has 2 rings (SSSR count). The molecule has 0 saturated carbocycles. The molecule has 5 heteroatoms. The molecule has 0 aromatic carbocycles. The minimum atomic E-state index is -0.738. The molecule has 0 aliphatic carbocycles. The summed E-state index contributed by atoms with van der Waals surface area (Å²) in [7, 11) is 1.89. The van der Waals surface area contributed by atoms with Gasteiger partial charge in [0.25, 0.3) is 0 Å². The maximum absolute atomic E-state index is 11.2. The monoisotopic (exact) mass is 265 g/mol. The van der Waals surface area contributed by atoms with Crippen LogP contribution in [0, 0.1) is 6.92 Å². The Morgan fingerprint density at radius 1 is 1.37 bits per heavy atom. The van der Waals surface area contributed by atoms with Gasteiger partial charge < -0.3 is 5.11 Å². The summed E-state index contributed by atoms with van der Waals surface area (Å²) >= 11 is 0. The largest absolute Gasteiger partial charge is 0.481 e. The second-order valence-electron chi connectivity index (χ2n) is 5.41. The maximum Gasteiger partial charge on any atom is 0.305 e. The van der Waals surface area contributed by atoms with Crippen LogP contribution in [0.1, 0.15) is 49.4 Å². The van der Waals surface area contributed by atoms with Crippen molar-refractivity contribution in [3.63, 3.8) is 0 Å². The summed E-state index contributed by atoms with van der Waals surface area (Å²) in [6.07, 6.45) is 6.95. The zero-order valence-corrected chi connectivity index (χ0v) is 11.8. The number of hydrogen-bond acceptors (Lipinski definition) is 3. The predicted molar refractivity (Wildman–Crippen MR) is 73.0 cm³/mol. The molecule has 1 aliphatic heterocycles. The fourth-order valence-corrected chi connectivity index (χ4v) is 2.95. The molecule has 1 aromatic heterocycles. The molecule has 2 heterocycles. The van der Waals surface area contributed by atoms with E-state index in [1.54, 1.807) is 4.68 Å². The Morgan fingerprint density at radius 3 is 2.47 bits per heavy atom. The van der Waals surface area contributed by atoms with Crippen molar-refractivity contribution < 1.29 is 9.90 Å². The van der Waals surface area contributed by atoms with Gasteiger partial charge in [0.05, 0.1) is 12.1 Å². The van der Waals surface area contributed by atoms with Gasteiger partial charge >= 0.3 is 5.97 Å². The summed E-state index contributed by atoms with van der Waals surface area (Å²) in [5.41, 5.74) is 2.00. The number of nitrogens with zero attached hydrogens (tertiary/aromatic N) is 3. The molecular weight excluding hydrogens is 242 g/mol. The van der Waals surface area contributed by atoms with E-state index in [4.69, 9.17) is 0 Å². The summed E-state index contributed by atoms with van der Waals surface area (Å²) in [5.74, 6) is -0.738. The van der Waals surface area contributed by atoms with E-state index in [0.29, 0.717) is 0 Å². The summed E-state index contributed by atoms with van der Waals surface area (Å²) in [4.78, 5) is 13.5. The van der Waals surface area contributed by atoms with Crippen LogP contribution in [0.3, 0.4) is 0 Å². The second-order valence-corrected chi connectivity index (χ2v) is 5.41. The van der Waals surface area contributed by atoms with Gasteiger partial charge in [-0.1, -0.05) is 12.8 Å². The van der Waals surface area contributed by atoms with Crippen LogP contribution in [-0.2, 0) is 11.8 Å². The Balaban J connectivity index is 2.23. The zero-order valence-electron chi connectivity index (χ0n) is 11.8. The Labute approximate surface area is 114 Å². The highest BCUT2D eigenvalue weighted by molar-refractivity contribution is 5.68. The van der Waals surface area contributed by atoms with Crippen molar-refractivity contribution in [2.45, 2.75) is 45.1 Å². The first kappa shape index (κ1) is 14.1. The number of carboxylic acids is 1. The molecule has 106 valence electrons. The van der Waals surface area contributed by atoms with Crippen LogP contribution in [0.2, 0.25) is 0 Å². The van der Waals surface area contributed by atoms with Crippen LogP contribution >= 0.6 is 0 Å². The van der Waals surface area contributed by atoms with Crippen LogP contribution in [-0.4, -0.2) is 38.8 Å². The van der Waals surface area contributed by atoms with Gasteiger partial charge in [-0.15, -0.1) is 0 Å². The summed E-state index contributed by atoms with van der Waals surface area (Å²) < 4.78 is 1.78. The third kappa shape index (κ3) is 3.56. The van der Waals surface area contributed by atoms with Crippen LogP contribution in [0.15, 0.2) is 6.20 Å². The minimum Gasteiger partial charge on any atom is -0.481 e. The minimum absolute atomic E-state index is 0.0377. The van der Waals surface area contributed by atoms with E-state index < -0.39 is 5.97 Å². The predicted octanol–water partition coefficient (Wildman–Crippen LogP) is 2.12. The topological polar surface area (TPSA) is 58.4 Å². The van der Waals surface area contributed by atoms with E-state index >= 15 is 0 Å². The number of aromatic nitrogens is 2. The SMILES string of the molecule is Cc1nn(C)cc1C(CC(=O)O)N1CCCCCC1. The van der Waals surface area contributed by atoms with Crippen molar-refractivity contribution in [1.29, 1.82) is 0 Å². The van der Waals surface area contributed by atoms with Gasteiger partial charge in [-0.3, -0.25) is 14.4 Å². The first-order valence-electron chi connectivity index (χ1n) is 7.04. The van der Waals surface area contributed by atoms with Gasteiger partial charge in [0.2, 0.25) is 0 Å². The number of carboxylic acid groups (broad SMARTS) is 1. The first-order chi connectivity index (χ1) is 9.08. The highest BCUT2D eigenvalue weighted by Crippen LogP contribution is 2.28. The average molecular weight is 265 g/mol. The molecule has 0 spiro atoms. The van der Waals surface area contributed by atoms with E-state index in [0.717, 1.165) is 37.2 Å². The third-order valence-corrected chi connectivity index (χ3v) is 3.86. The van der Waals surface area contributed by atoms with E-state index in [-0.39, 0.29) is 12.5 Å². The van der Waals surface area contributed by atoms with Crippen molar-refractivity contribution in [3.05, 3.63) is 17.5 Å². The van der Waals surface area contributed by atoms with Crippen LogP contribution in [0.25, 0.3) is 0 Å². The lowest BCUT2D eigenvalue weighted by atomic mass is 10.0. The normalized spacial score (nSPS) is 19.1. The van der Waals surface area contributed by atoms with Crippen LogP contribution < -0.4 is 0 Å². The third-order valence-electron chi connectivity index (χ3n) is 3.86. The standard InChI is InChI=1S/C14H23N3O2/c1-11-12(10-16(2)15-11)13(9-14(18)19)17-7-5-3-4-6-8-17/h10,13H,3-9H2,1-2H3,(H,18,19).